The van der Waals surface area contributed by atoms with Gasteiger partial charge in [0.15, 0.2) is 0 Å². The lowest BCUT2D eigenvalue weighted by molar-refractivity contribution is 0.436. The van der Waals surface area contributed by atoms with E-state index in [0.717, 1.165) is 59.8 Å². The van der Waals surface area contributed by atoms with Gasteiger partial charge in [-0.2, -0.15) is 0 Å². The van der Waals surface area contributed by atoms with Crippen molar-refractivity contribution >= 4 is 91.3 Å². The summed E-state index contributed by atoms with van der Waals surface area (Å²) in [6.07, 6.45) is 4.30. The quantitative estimate of drug-likeness (QED) is 0.101. The van der Waals surface area contributed by atoms with Crippen LogP contribution in [0.2, 0.25) is 0 Å². The highest BCUT2D eigenvalue weighted by Gasteiger charge is 2.46. The van der Waals surface area contributed by atoms with Crippen molar-refractivity contribution in [3.63, 3.8) is 0 Å². The zero-order valence-electron chi connectivity index (χ0n) is 61.3. The molecule has 9 aromatic carbocycles. The molecule has 0 aliphatic carbocycles. The SMILES string of the molecule is CCC(C)(CC)c1cc(C)c(N2c3cc(N(c4ccc(C(C)(C)C)cc4)c4ccc(C(C)(C)C)cc4)c(C)cc3B3c4cc(C)c(N(c5ccc(C(C)(C)C)cc5)c5ccc(C(C)(C)C)cc5)cc4N(c4cc(C)c(C(C)(CC)CC)cc4C)c4cccc2c43)cc1C. The van der Waals surface area contributed by atoms with Crippen LogP contribution in [-0.4, -0.2) is 6.71 Å². The van der Waals surface area contributed by atoms with Gasteiger partial charge in [-0.05, 0) is 268 Å². The van der Waals surface area contributed by atoms with Gasteiger partial charge in [0.1, 0.15) is 0 Å². The number of anilines is 12. The number of hydrogen-bond acceptors (Lipinski definition) is 4. The Labute approximate surface area is 562 Å². The van der Waals surface area contributed by atoms with Gasteiger partial charge in [0.2, 0.25) is 0 Å². The van der Waals surface area contributed by atoms with Crippen LogP contribution in [-0.2, 0) is 32.5 Å². The van der Waals surface area contributed by atoms with Crippen LogP contribution in [0.25, 0.3) is 0 Å². The largest absolute Gasteiger partial charge is 0.311 e. The summed E-state index contributed by atoms with van der Waals surface area (Å²) in [7, 11) is 0. The lowest BCUT2D eigenvalue weighted by atomic mass is 9.33. The Balaban J connectivity index is 1.25. The fraction of sp³-hybridized carbons (Fsp3) is 0.386. The second-order valence-corrected chi connectivity index (χ2v) is 32.5. The third-order valence-electron chi connectivity index (χ3n) is 22.1. The van der Waals surface area contributed by atoms with E-state index in [1.54, 1.807) is 0 Å². The molecular weight excluding hydrogens is 1120 g/mol. The molecule has 11 rings (SSSR count). The Morgan fingerprint density at radius 3 is 0.839 bits per heavy atom. The molecule has 0 aromatic heterocycles. The van der Waals surface area contributed by atoms with Crippen molar-refractivity contribution in [2.75, 3.05) is 19.6 Å². The average Bonchev–Trinajstić information content (AvgIpc) is 0.692. The summed E-state index contributed by atoms with van der Waals surface area (Å²) < 4.78 is 0. The molecule has 0 N–H and O–H groups in total. The summed E-state index contributed by atoms with van der Waals surface area (Å²) in [4.78, 5) is 10.4. The van der Waals surface area contributed by atoms with Crippen molar-refractivity contribution in [2.24, 2.45) is 0 Å². The first kappa shape index (κ1) is 66.7. The minimum atomic E-state index is -0.112. The standard InChI is InChI=1S/C88H107BN4/c1-25-87(23,26-2)70-48-58(7)76(52-56(70)5)92-74-30-29-31-75-82(74)89(72-50-60(9)78(54-80(72)92)90(66-40-32-62(33-41-66)83(11,12)13)67-42-34-63(35-43-67)84(14,15)16)73-51-61(10)79(55-81(73)93(75)77-53-57(6)71(49-59(77)8)88(24,27-3)28-4)91(68-44-36-64(37-45-68)85(17,18)19)69-46-38-65(39-47-69)86(20,21)22/h29-55H,25-28H2,1-24H3. The zero-order chi connectivity index (χ0) is 67.4. The van der Waals surface area contributed by atoms with E-state index in [-0.39, 0.29) is 39.2 Å². The summed E-state index contributed by atoms with van der Waals surface area (Å²) in [6.45, 7) is 56.1. The van der Waals surface area contributed by atoms with E-state index in [2.05, 4.69) is 350 Å². The lowest BCUT2D eigenvalue weighted by Gasteiger charge is -2.46. The molecule has 4 nitrogen and oxygen atoms in total. The molecule has 0 atom stereocenters. The molecule has 0 spiro atoms. The minimum Gasteiger partial charge on any atom is -0.311 e. The van der Waals surface area contributed by atoms with E-state index in [0.29, 0.717) is 0 Å². The molecule has 9 aromatic rings. The van der Waals surface area contributed by atoms with Crippen LogP contribution in [0, 0.1) is 41.5 Å². The third kappa shape index (κ3) is 12.0. The molecule has 0 saturated carbocycles. The fourth-order valence-electron chi connectivity index (χ4n) is 15.2. The van der Waals surface area contributed by atoms with Crippen LogP contribution in [0.1, 0.15) is 217 Å². The van der Waals surface area contributed by atoms with Crippen LogP contribution in [0.5, 0.6) is 0 Å². The monoisotopic (exact) mass is 1230 g/mol. The molecule has 0 saturated heterocycles. The highest BCUT2D eigenvalue weighted by molar-refractivity contribution is 7.00. The Morgan fingerprint density at radius 2 is 0.581 bits per heavy atom. The van der Waals surface area contributed by atoms with Crippen molar-refractivity contribution in [3.8, 4) is 0 Å². The first-order valence-corrected chi connectivity index (χ1v) is 34.9. The second-order valence-electron chi connectivity index (χ2n) is 32.5. The maximum atomic E-state index is 2.67. The number of hydrogen-bond donors (Lipinski definition) is 0. The van der Waals surface area contributed by atoms with Gasteiger partial charge in [0.05, 0.1) is 11.4 Å². The maximum absolute atomic E-state index is 2.67. The molecule has 0 unspecified atom stereocenters. The lowest BCUT2D eigenvalue weighted by Crippen LogP contribution is -2.61. The van der Waals surface area contributed by atoms with Gasteiger partial charge in [0.25, 0.3) is 6.71 Å². The highest BCUT2D eigenvalue weighted by Crippen LogP contribution is 2.52. The minimum absolute atomic E-state index is 0.00853. The Hall–Kier alpha value is -7.76. The maximum Gasteiger partial charge on any atom is 0.252 e. The summed E-state index contributed by atoms with van der Waals surface area (Å²) in [5.41, 5.74) is 34.0. The molecular formula is C88H107BN4. The van der Waals surface area contributed by atoms with E-state index in [4.69, 9.17) is 0 Å². The Morgan fingerprint density at radius 1 is 0.301 bits per heavy atom. The van der Waals surface area contributed by atoms with Crippen molar-refractivity contribution in [1.82, 2.24) is 0 Å². The molecule has 482 valence electrons. The molecule has 0 fully saturated rings. The number of aryl methyl sites for hydroxylation is 6. The number of fused-ring (bicyclic) bond motifs is 4. The van der Waals surface area contributed by atoms with E-state index in [1.165, 1.54) is 117 Å². The smallest absolute Gasteiger partial charge is 0.252 e. The van der Waals surface area contributed by atoms with Crippen molar-refractivity contribution in [1.29, 1.82) is 0 Å². The normalized spacial score (nSPS) is 13.5. The van der Waals surface area contributed by atoms with Gasteiger partial charge < -0.3 is 19.6 Å². The van der Waals surface area contributed by atoms with Crippen molar-refractivity contribution in [2.45, 2.75) is 224 Å². The fourth-order valence-corrected chi connectivity index (χ4v) is 15.2. The van der Waals surface area contributed by atoms with Gasteiger partial charge in [-0.25, -0.2) is 0 Å². The van der Waals surface area contributed by atoms with E-state index >= 15 is 0 Å². The summed E-state index contributed by atoms with van der Waals surface area (Å²) >= 11 is 0. The van der Waals surface area contributed by atoms with Gasteiger partial charge in [0, 0.05) is 56.9 Å². The summed E-state index contributed by atoms with van der Waals surface area (Å²) in [6, 6.07) is 65.0. The van der Waals surface area contributed by atoms with E-state index in [1.807, 2.05) is 0 Å². The molecule has 0 bridgehead atoms. The highest BCUT2D eigenvalue weighted by atomic mass is 15.2. The van der Waals surface area contributed by atoms with Gasteiger partial charge in [-0.1, -0.05) is 203 Å². The molecule has 2 aliphatic rings. The van der Waals surface area contributed by atoms with E-state index < -0.39 is 0 Å². The molecule has 2 heterocycles. The number of rotatable bonds is 14. The van der Waals surface area contributed by atoms with Crippen LogP contribution in [0.4, 0.5) is 68.2 Å². The Kier molecular flexibility index (Phi) is 17.4. The van der Waals surface area contributed by atoms with Gasteiger partial charge in [-0.15, -0.1) is 0 Å². The molecule has 0 amide bonds. The average molecular weight is 1230 g/mol. The first-order valence-electron chi connectivity index (χ1n) is 34.9. The van der Waals surface area contributed by atoms with Crippen LogP contribution in [0.3, 0.4) is 0 Å². The Bertz CT molecular complexity index is 3870. The topological polar surface area (TPSA) is 13.0 Å². The third-order valence-corrected chi connectivity index (χ3v) is 22.1. The molecule has 0 radical (unpaired) electrons. The van der Waals surface area contributed by atoms with Crippen molar-refractivity contribution in [3.05, 3.63) is 231 Å². The molecule has 5 heteroatoms. The predicted molar refractivity (Wildman–Crippen MR) is 409 cm³/mol. The van der Waals surface area contributed by atoms with Gasteiger partial charge >= 0.3 is 0 Å². The molecule has 93 heavy (non-hydrogen) atoms. The van der Waals surface area contributed by atoms with E-state index in [9.17, 15) is 0 Å². The predicted octanol–water partition coefficient (Wildman–Crippen LogP) is 23.9. The van der Waals surface area contributed by atoms with Crippen LogP contribution >= 0.6 is 0 Å². The summed E-state index contributed by atoms with van der Waals surface area (Å²) in [5, 5.41) is 0. The zero-order valence-corrected chi connectivity index (χ0v) is 61.3. The second kappa shape index (κ2) is 24.2. The number of nitrogens with zero attached hydrogens (tertiary/aromatic N) is 4. The van der Waals surface area contributed by atoms with Crippen molar-refractivity contribution < 1.29 is 0 Å². The van der Waals surface area contributed by atoms with Gasteiger partial charge in [-0.3, -0.25) is 0 Å². The van der Waals surface area contributed by atoms with Crippen LogP contribution < -0.4 is 36.0 Å². The van der Waals surface area contributed by atoms with Crippen LogP contribution in [0.15, 0.2) is 164 Å². The molecule has 2 aliphatic heterocycles. The number of benzene rings is 9. The first-order chi connectivity index (χ1) is 43.7. The summed E-state index contributed by atoms with van der Waals surface area (Å²) in [5.74, 6) is 0.